The fourth-order valence-electron chi connectivity index (χ4n) is 4.56. The van der Waals surface area contributed by atoms with Crippen molar-refractivity contribution in [2.75, 3.05) is 37.1 Å². The molecule has 4 heterocycles. The van der Waals surface area contributed by atoms with E-state index in [1.165, 1.54) is 11.3 Å². The molecule has 6 rings (SSSR count). The Morgan fingerprint density at radius 3 is 1.95 bits per heavy atom. The average Bonchev–Trinajstić information content (AvgIpc) is 3.46. The molecular formula is C32H36N6O5S. The molecule has 2 aromatic carbocycles. The predicted octanol–water partition coefficient (Wildman–Crippen LogP) is 4.82. The van der Waals surface area contributed by atoms with E-state index in [1.54, 1.807) is 6.07 Å². The number of rotatable bonds is 0. The van der Waals surface area contributed by atoms with Crippen LogP contribution in [-0.2, 0) is 40.0 Å². The van der Waals surface area contributed by atoms with E-state index in [0.29, 0.717) is 43.1 Å². The van der Waals surface area contributed by atoms with E-state index in [1.807, 2.05) is 54.6 Å². The molecular weight excluding hydrogens is 580 g/mol. The molecule has 0 spiro atoms. The Kier molecular flexibility index (Phi) is 11.6. The molecule has 2 aliphatic heterocycles. The molecule has 0 aliphatic carbocycles. The summed E-state index contributed by atoms with van der Waals surface area (Å²) in [7, 11) is 0. The number of anilines is 2. The molecule has 8 bridgehead atoms. The van der Waals surface area contributed by atoms with Gasteiger partial charge in [-0.3, -0.25) is 9.59 Å². The van der Waals surface area contributed by atoms with Crippen molar-refractivity contribution in [2.45, 2.75) is 51.4 Å². The van der Waals surface area contributed by atoms with Crippen molar-refractivity contribution in [1.82, 2.24) is 20.4 Å². The smallest absolute Gasteiger partial charge is 0.230 e. The van der Waals surface area contributed by atoms with Gasteiger partial charge in [-0.15, -0.1) is 15.3 Å². The number of fused-ring (bicyclic) bond motifs is 17. The largest absolute Gasteiger partial charge is 0.493 e. The van der Waals surface area contributed by atoms with Gasteiger partial charge in [0.25, 0.3) is 0 Å². The second-order valence-corrected chi connectivity index (χ2v) is 11.4. The minimum atomic E-state index is -0.173. The molecule has 0 saturated heterocycles. The third-order valence-electron chi connectivity index (χ3n) is 6.70. The summed E-state index contributed by atoms with van der Waals surface area (Å²) in [5.41, 5.74) is 2.56. The molecule has 0 saturated carbocycles. The van der Waals surface area contributed by atoms with Gasteiger partial charge in [-0.2, -0.15) is 5.10 Å². The highest BCUT2D eigenvalue weighted by molar-refractivity contribution is 7.15. The van der Waals surface area contributed by atoms with Crippen molar-refractivity contribution in [3.8, 4) is 11.5 Å². The second-order valence-electron chi connectivity index (χ2n) is 10.4. The summed E-state index contributed by atoms with van der Waals surface area (Å²) < 4.78 is 17.4. The molecule has 11 nitrogen and oxygen atoms in total. The van der Waals surface area contributed by atoms with Crippen molar-refractivity contribution in [3.63, 3.8) is 0 Å². The summed E-state index contributed by atoms with van der Waals surface area (Å²) in [6.45, 7) is 2.17. The Bertz CT molecular complexity index is 1510. The number of aryl methyl sites for hydroxylation is 2. The molecule has 0 fully saturated rings. The van der Waals surface area contributed by atoms with Gasteiger partial charge >= 0.3 is 0 Å². The molecule has 2 amide bonds. The van der Waals surface area contributed by atoms with Crippen LogP contribution in [0.25, 0.3) is 0 Å². The minimum absolute atomic E-state index is 0.154. The first-order valence-corrected chi connectivity index (χ1v) is 15.7. The van der Waals surface area contributed by atoms with Crippen LogP contribution < -0.4 is 20.1 Å². The van der Waals surface area contributed by atoms with Crippen molar-refractivity contribution < 1.29 is 23.8 Å². The minimum Gasteiger partial charge on any atom is -0.493 e. The number of ether oxygens (including phenoxy) is 3. The third-order valence-corrected chi connectivity index (χ3v) is 7.60. The number of carbonyl (C=O) groups is 2. The van der Waals surface area contributed by atoms with E-state index < -0.39 is 0 Å². The summed E-state index contributed by atoms with van der Waals surface area (Å²) in [4.78, 5) is 25.2. The summed E-state index contributed by atoms with van der Waals surface area (Å²) in [6.07, 6.45) is 5.19. The summed E-state index contributed by atoms with van der Waals surface area (Å²) in [5.74, 6) is 1.52. The molecule has 2 N–H and O–H groups in total. The van der Waals surface area contributed by atoms with Crippen LogP contribution in [-0.4, -0.2) is 58.6 Å². The first-order chi connectivity index (χ1) is 21.6. The van der Waals surface area contributed by atoms with Gasteiger partial charge in [-0.05, 0) is 66.8 Å². The van der Waals surface area contributed by atoms with Crippen molar-refractivity contribution in [3.05, 3.63) is 82.5 Å². The molecule has 12 heteroatoms. The Balaban J connectivity index is 1.17. The highest BCUT2D eigenvalue weighted by atomic mass is 32.1. The number of nitrogens with one attached hydrogen (secondary N) is 2. The lowest BCUT2D eigenvalue weighted by atomic mass is 10.1. The first-order valence-electron chi connectivity index (χ1n) is 14.8. The van der Waals surface area contributed by atoms with Crippen LogP contribution in [0.4, 0.5) is 10.9 Å². The first kappa shape index (κ1) is 31.0. The van der Waals surface area contributed by atoms with E-state index in [-0.39, 0.29) is 24.7 Å². The molecule has 0 unspecified atom stereocenters. The number of benzene rings is 2. The number of carbonyl (C=O) groups excluding carboxylic acids is 2. The van der Waals surface area contributed by atoms with Gasteiger partial charge in [-0.1, -0.05) is 35.6 Å². The molecule has 4 aromatic rings. The average molecular weight is 617 g/mol. The lowest BCUT2D eigenvalue weighted by Gasteiger charge is -2.10. The van der Waals surface area contributed by atoms with Crippen LogP contribution in [0.15, 0.2) is 60.7 Å². The van der Waals surface area contributed by atoms with E-state index in [2.05, 4.69) is 31.0 Å². The lowest BCUT2D eigenvalue weighted by Crippen LogP contribution is -2.16. The summed E-state index contributed by atoms with van der Waals surface area (Å²) in [5, 5.41) is 23.8. The highest BCUT2D eigenvalue weighted by Crippen LogP contribution is 2.20. The zero-order chi connectivity index (χ0) is 30.4. The summed E-state index contributed by atoms with van der Waals surface area (Å²) in [6, 6.07) is 18.7. The third kappa shape index (κ3) is 10.4. The maximum Gasteiger partial charge on any atom is 0.230 e. The predicted molar refractivity (Wildman–Crippen MR) is 167 cm³/mol. The number of hydrogen-bond acceptors (Lipinski definition) is 10. The van der Waals surface area contributed by atoms with Crippen LogP contribution in [0, 0.1) is 0 Å². The van der Waals surface area contributed by atoms with Crippen LogP contribution in [0.1, 0.15) is 47.5 Å². The normalized spacial score (nSPS) is 16.3. The van der Waals surface area contributed by atoms with Gasteiger partial charge in [-0.25, -0.2) is 0 Å². The summed E-state index contributed by atoms with van der Waals surface area (Å²) >= 11 is 1.39. The molecule has 2 aliphatic rings. The van der Waals surface area contributed by atoms with Crippen molar-refractivity contribution >= 4 is 34.1 Å². The van der Waals surface area contributed by atoms with Crippen molar-refractivity contribution in [2.24, 2.45) is 0 Å². The van der Waals surface area contributed by atoms with Gasteiger partial charge in [0.05, 0.1) is 31.7 Å². The maximum atomic E-state index is 12.6. The molecule has 44 heavy (non-hydrogen) atoms. The number of hydrogen-bond donors (Lipinski definition) is 2. The lowest BCUT2D eigenvalue weighted by molar-refractivity contribution is -0.116. The Morgan fingerprint density at radius 1 is 0.636 bits per heavy atom. The zero-order valence-corrected chi connectivity index (χ0v) is 25.3. The van der Waals surface area contributed by atoms with Crippen LogP contribution in [0.2, 0.25) is 0 Å². The van der Waals surface area contributed by atoms with Crippen LogP contribution in [0.5, 0.6) is 11.5 Å². The van der Waals surface area contributed by atoms with Gasteiger partial charge in [0, 0.05) is 32.5 Å². The topological polar surface area (TPSA) is 137 Å². The SMILES string of the molecule is O=C1Cc2cccc(c2)OCCCOCCCOc2cccc(c2)CC(=O)Nc2nnc(s2)CCCCc2ccc(nn2)N1. The molecule has 2 aromatic heterocycles. The van der Waals surface area contributed by atoms with E-state index in [4.69, 9.17) is 14.2 Å². The maximum absolute atomic E-state index is 12.6. The highest BCUT2D eigenvalue weighted by Gasteiger charge is 2.11. The number of nitrogens with zero attached hydrogens (tertiary/aromatic N) is 4. The van der Waals surface area contributed by atoms with E-state index >= 15 is 0 Å². The monoisotopic (exact) mass is 616 g/mol. The van der Waals surface area contributed by atoms with Crippen LogP contribution in [0.3, 0.4) is 0 Å². The van der Waals surface area contributed by atoms with Gasteiger partial charge < -0.3 is 24.8 Å². The van der Waals surface area contributed by atoms with Crippen LogP contribution >= 0.6 is 11.3 Å². The van der Waals surface area contributed by atoms with Gasteiger partial charge in [0.2, 0.25) is 16.9 Å². The standard InChI is InChI=1S/C32H36N6O5S/c39-29-21-23-7-3-10-26(19-23)42-17-5-15-41-16-6-18-43-27-11-4-8-24(20-27)22-30(40)34-32-38-37-31(44-32)12-2-1-9-25-13-14-28(33-29)36-35-25/h3-4,7-8,10-11,13-14,19-20H,1-2,5-6,9,12,15-18,21-22H2,(H,33,36,39)(H,34,38,40). The number of amides is 2. The van der Waals surface area contributed by atoms with E-state index in [0.717, 1.165) is 66.1 Å². The van der Waals surface area contributed by atoms with Gasteiger partial charge in [0.15, 0.2) is 5.82 Å². The Morgan fingerprint density at radius 2 is 1.30 bits per heavy atom. The van der Waals surface area contributed by atoms with E-state index in [9.17, 15) is 9.59 Å². The zero-order valence-electron chi connectivity index (χ0n) is 24.5. The second kappa shape index (κ2) is 16.4. The Labute approximate surface area is 260 Å². The quantitative estimate of drug-likeness (QED) is 0.285. The molecule has 0 radical (unpaired) electrons. The fraction of sp³-hybridized carbons (Fsp3) is 0.375. The Hall–Kier alpha value is -4.42. The fourth-order valence-corrected chi connectivity index (χ4v) is 5.36. The van der Waals surface area contributed by atoms with Crippen molar-refractivity contribution in [1.29, 1.82) is 0 Å². The number of aromatic nitrogens is 4. The molecule has 230 valence electrons. The molecule has 0 atom stereocenters. The van der Waals surface area contributed by atoms with Gasteiger partial charge in [0.1, 0.15) is 16.5 Å².